The van der Waals surface area contributed by atoms with Crippen molar-refractivity contribution in [3.8, 4) is 17.0 Å². The minimum absolute atomic E-state index is 0.0508. The maximum Gasteiger partial charge on any atom is 0.259 e. The van der Waals surface area contributed by atoms with Crippen molar-refractivity contribution in [3.05, 3.63) is 78.2 Å². The van der Waals surface area contributed by atoms with E-state index in [1.54, 1.807) is 41.5 Å². The van der Waals surface area contributed by atoms with Gasteiger partial charge in [0, 0.05) is 43.7 Å². The standard InChI is InChI=1S/C28H32N4O4/c1-19-16-32(20(2)18-33)28(35)24-13-23(22-9-5-4-6-10-22)15-30-27(24)36-25(19)17-31(3)26(34)12-21-8-7-11-29-14-21/h4-11,13-15,19-20,25,33H,12,16-18H2,1-3H3/t19-,20-,25-/m0/s1. The number of amides is 2. The van der Waals surface area contributed by atoms with E-state index in [1.807, 2.05) is 56.3 Å². The number of fused-ring (bicyclic) bond motifs is 1. The third-order valence-electron chi connectivity index (χ3n) is 6.59. The quantitative estimate of drug-likeness (QED) is 0.549. The number of carbonyl (C=O) groups excluding carboxylic acids is 2. The first-order chi connectivity index (χ1) is 17.4. The van der Waals surface area contributed by atoms with Gasteiger partial charge in [0.1, 0.15) is 11.7 Å². The first kappa shape index (κ1) is 25.3. The number of rotatable bonds is 7. The molecular formula is C28H32N4O4. The molecule has 8 heteroatoms. The molecule has 0 radical (unpaired) electrons. The molecule has 0 saturated heterocycles. The lowest BCUT2D eigenvalue weighted by Crippen LogP contribution is -2.50. The topological polar surface area (TPSA) is 95.9 Å². The fourth-order valence-corrected chi connectivity index (χ4v) is 4.29. The Bertz CT molecular complexity index is 1190. The monoisotopic (exact) mass is 488 g/mol. The van der Waals surface area contributed by atoms with Crippen molar-refractivity contribution in [1.82, 2.24) is 19.8 Å². The first-order valence-electron chi connectivity index (χ1n) is 12.1. The van der Waals surface area contributed by atoms with Crippen LogP contribution >= 0.6 is 0 Å². The third-order valence-corrected chi connectivity index (χ3v) is 6.59. The van der Waals surface area contributed by atoms with Gasteiger partial charge >= 0.3 is 0 Å². The molecule has 0 bridgehead atoms. The van der Waals surface area contributed by atoms with Crippen molar-refractivity contribution in [3.63, 3.8) is 0 Å². The zero-order valence-electron chi connectivity index (χ0n) is 20.9. The Balaban J connectivity index is 1.62. The number of nitrogens with zero attached hydrogens (tertiary/aromatic N) is 4. The predicted molar refractivity (Wildman–Crippen MR) is 136 cm³/mol. The Morgan fingerprint density at radius 3 is 2.67 bits per heavy atom. The summed E-state index contributed by atoms with van der Waals surface area (Å²) >= 11 is 0. The fraction of sp³-hybridized carbons (Fsp3) is 0.357. The van der Waals surface area contributed by atoms with Crippen LogP contribution in [-0.2, 0) is 11.2 Å². The second kappa shape index (κ2) is 11.3. The lowest BCUT2D eigenvalue weighted by Gasteiger charge is -2.37. The Morgan fingerprint density at radius 1 is 1.19 bits per heavy atom. The van der Waals surface area contributed by atoms with Crippen LogP contribution in [0.5, 0.6) is 5.88 Å². The number of hydrogen-bond acceptors (Lipinski definition) is 6. The highest BCUT2D eigenvalue weighted by molar-refractivity contribution is 5.98. The van der Waals surface area contributed by atoms with Gasteiger partial charge in [-0.2, -0.15) is 0 Å². The summed E-state index contributed by atoms with van der Waals surface area (Å²) in [6, 6.07) is 14.8. The second-order valence-electron chi connectivity index (χ2n) is 9.38. The summed E-state index contributed by atoms with van der Waals surface area (Å²) in [5, 5.41) is 9.86. The van der Waals surface area contributed by atoms with E-state index in [2.05, 4.69) is 9.97 Å². The van der Waals surface area contributed by atoms with Crippen LogP contribution < -0.4 is 4.74 Å². The largest absolute Gasteiger partial charge is 0.472 e. The van der Waals surface area contributed by atoms with Gasteiger partial charge in [-0.25, -0.2) is 4.98 Å². The third kappa shape index (κ3) is 5.71. The van der Waals surface area contributed by atoms with E-state index in [0.717, 1.165) is 16.7 Å². The number of likely N-dealkylation sites (N-methyl/N-ethyl adjacent to an activating group) is 1. The van der Waals surface area contributed by atoms with Crippen molar-refractivity contribution < 1.29 is 19.4 Å². The normalized spacial score (nSPS) is 18.4. The molecule has 0 unspecified atom stereocenters. The van der Waals surface area contributed by atoms with Crippen LogP contribution in [0, 0.1) is 5.92 Å². The summed E-state index contributed by atoms with van der Waals surface area (Å²) in [7, 11) is 1.75. The summed E-state index contributed by atoms with van der Waals surface area (Å²) in [5.41, 5.74) is 2.93. The van der Waals surface area contributed by atoms with E-state index in [4.69, 9.17) is 4.74 Å². The molecule has 0 fully saturated rings. The van der Waals surface area contributed by atoms with E-state index in [1.165, 1.54) is 0 Å². The molecule has 1 aromatic carbocycles. The van der Waals surface area contributed by atoms with E-state index < -0.39 is 6.10 Å². The Labute approximate surface area is 211 Å². The zero-order valence-corrected chi connectivity index (χ0v) is 20.9. The van der Waals surface area contributed by atoms with Crippen molar-refractivity contribution >= 4 is 11.8 Å². The van der Waals surface area contributed by atoms with Gasteiger partial charge in [0.15, 0.2) is 0 Å². The molecule has 1 aliphatic heterocycles. The molecule has 2 aromatic heterocycles. The van der Waals surface area contributed by atoms with Gasteiger partial charge in [0.05, 0.1) is 25.6 Å². The Hall–Kier alpha value is -3.78. The number of aliphatic hydroxyl groups is 1. The Kier molecular flexibility index (Phi) is 7.95. The van der Waals surface area contributed by atoms with E-state index in [0.29, 0.717) is 18.7 Å². The Morgan fingerprint density at radius 2 is 1.97 bits per heavy atom. The minimum Gasteiger partial charge on any atom is -0.472 e. The van der Waals surface area contributed by atoms with Gasteiger partial charge in [-0.05, 0) is 30.2 Å². The number of hydrogen-bond donors (Lipinski definition) is 1. The van der Waals surface area contributed by atoms with Gasteiger partial charge in [-0.15, -0.1) is 0 Å². The summed E-state index contributed by atoms with van der Waals surface area (Å²) in [6.45, 7) is 4.36. The number of aromatic nitrogens is 2. The maximum absolute atomic E-state index is 13.6. The first-order valence-corrected chi connectivity index (χ1v) is 12.1. The van der Waals surface area contributed by atoms with Crippen molar-refractivity contribution in [2.75, 3.05) is 26.7 Å². The lowest BCUT2D eigenvalue weighted by atomic mass is 9.99. The van der Waals surface area contributed by atoms with Crippen LogP contribution in [0.15, 0.2) is 67.1 Å². The summed E-state index contributed by atoms with van der Waals surface area (Å²) in [4.78, 5) is 38.4. The number of pyridine rings is 2. The van der Waals surface area contributed by atoms with Crippen LogP contribution in [0.25, 0.3) is 11.1 Å². The van der Waals surface area contributed by atoms with Gasteiger partial charge < -0.3 is 19.6 Å². The minimum atomic E-state index is -0.400. The average molecular weight is 489 g/mol. The number of aliphatic hydroxyl groups excluding tert-OH is 1. The highest BCUT2D eigenvalue weighted by Gasteiger charge is 2.34. The molecule has 3 aromatic rings. The van der Waals surface area contributed by atoms with Gasteiger partial charge in [-0.3, -0.25) is 14.6 Å². The second-order valence-corrected chi connectivity index (χ2v) is 9.38. The zero-order chi connectivity index (χ0) is 25.7. The number of carbonyl (C=O) groups is 2. The number of benzene rings is 1. The van der Waals surface area contributed by atoms with Crippen LogP contribution in [0.2, 0.25) is 0 Å². The van der Waals surface area contributed by atoms with E-state index in [-0.39, 0.29) is 42.7 Å². The molecule has 1 aliphatic rings. The molecule has 1 N–H and O–H groups in total. The molecule has 0 saturated carbocycles. The SMILES string of the molecule is C[C@H]1CN([C@@H](C)CO)C(=O)c2cc(-c3ccccc3)cnc2O[C@H]1CN(C)C(=O)Cc1cccnc1. The van der Waals surface area contributed by atoms with Crippen molar-refractivity contribution in [1.29, 1.82) is 0 Å². The van der Waals surface area contributed by atoms with Gasteiger partial charge in [0.2, 0.25) is 11.8 Å². The summed E-state index contributed by atoms with van der Waals surface area (Å²) in [5.74, 6) is -0.159. The van der Waals surface area contributed by atoms with Crippen molar-refractivity contribution in [2.24, 2.45) is 5.92 Å². The van der Waals surface area contributed by atoms with E-state index in [9.17, 15) is 14.7 Å². The molecular weight excluding hydrogens is 456 g/mol. The van der Waals surface area contributed by atoms with Crippen LogP contribution in [-0.4, -0.2) is 75.6 Å². The maximum atomic E-state index is 13.6. The molecule has 3 heterocycles. The number of ether oxygens (including phenoxy) is 1. The van der Waals surface area contributed by atoms with Crippen molar-refractivity contribution in [2.45, 2.75) is 32.4 Å². The fourth-order valence-electron chi connectivity index (χ4n) is 4.29. The smallest absolute Gasteiger partial charge is 0.259 e. The van der Waals surface area contributed by atoms with Gasteiger partial charge in [-0.1, -0.05) is 43.3 Å². The van der Waals surface area contributed by atoms with Crippen LogP contribution in [0.4, 0.5) is 0 Å². The highest BCUT2D eigenvalue weighted by atomic mass is 16.5. The lowest BCUT2D eigenvalue weighted by molar-refractivity contribution is -0.130. The molecule has 8 nitrogen and oxygen atoms in total. The molecule has 3 atom stereocenters. The molecule has 0 spiro atoms. The summed E-state index contributed by atoms with van der Waals surface area (Å²) in [6.07, 6.45) is 4.90. The average Bonchev–Trinajstić information content (AvgIpc) is 2.91. The highest BCUT2D eigenvalue weighted by Crippen LogP contribution is 2.30. The van der Waals surface area contributed by atoms with Crippen LogP contribution in [0.3, 0.4) is 0 Å². The summed E-state index contributed by atoms with van der Waals surface area (Å²) < 4.78 is 6.32. The molecule has 188 valence electrons. The molecule has 0 aliphatic carbocycles. The molecule has 4 rings (SSSR count). The molecule has 2 amide bonds. The van der Waals surface area contributed by atoms with Crippen LogP contribution in [0.1, 0.15) is 29.8 Å². The van der Waals surface area contributed by atoms with Gasteiger partial charge in [0.25, 0.3) is 5.91 Å². The molecule has 36 heavy (non-hydrogen) atoms. The van der Waals surface area contributed by atoms with E-state index >= 15 is 0 Å². The predicted octanol–water partition coefficient (Wildman–Crippen LogP) is 3.06.